The molecule has 0 bridgehead atoms. The second kappa shape index (κ2) is 5.36. The highest BCUT2D eigenvalue weighted by atomic mass is 19.4. The monoisotopic (exact) mass is 283 g/mol. The molecule has 0 aliphatic carbocycles. The molecule has 1 N–H and O–H groups in total. The van der Waals surface area contributed by atoms with Gasteiger partial charge in [-0.25, -0.2) is 4.98 Å². The maximum atomic E-state index is 12.6. The first kappa shape index (κ1) is 14.1. The van der Waals surface area contributed by atoms with Gasteiger partial charge in [-0.3, -0.25) is 4.79 Å². The fraction of sp³-hybridized carbons (Fsp3) is 0.231. The number of aryl methyl sites for hydroxylation is 1. The van der Waals surface area contributed by atoms with Gasteiger partial charge in [-0.15, -0.1) is 0 Å². The Labute approximate surface area is 112 Å². The Morgan fingerprint density at radius 2 is 2.10 bits per heavy atom. The summed E-state index contributed by atoms with van der Waals surface area (Å²) >= 11 is 0. The van der Waals surface area contributed by atoms with E-state index in [4.69, 9.17) is 0 Å². The van der Waals surface area contributed by atoms with Crippen LogP contribution >= 0.6 is 0 Å². The van der Waals surface area contributed by atoms with Crippen LogP contribution in [-0.4, -0.2) is 9.55 Å². The molecule has 2 rings (SSSR count). The van der Waals surface area contributed by atoms with E-state index in [9.17, 15) is 18.0 Å². The van der Waals surface area contributed by atoms with Crippen molar-refractivity contribution in [3.63, 3.8) is 0 Å². The number of rotatable bonds is 3. The van der Waals surface area contributed by atoms with Crippen LogP contribution in [0, 0.1) is 0 Å². The summed E-state index contributed by atoms with van der Waals surface area (Å²) in [4.78, 5) is 15.5. The number of halogens is 3. The van der Waals surface area contributed by atoms with E-state index >= 15 is 0 Å². The van der Waals surface area contributed by atoms with Gasteiger partial charge in [-0.2, -0.15) is 13.2 Å². The molecule has 7 heteroatoms. The van der Waals surface area contributed by atoms with Crippen LogP contribution in [0.15, 0.2) is 41.5 Å². The molecule has 0 atom stereocenters. The van der Waals surface area contributed by atoms with Crippen LogP contribution in [0.1, 0.15) is 11.1 Å². The van der Waals surface area contributed by atoms with E-state index in [1.807, 2.05) is 0 Å². The lowest BCUT2D eigenvalue weighted by atomic mass is 10.1. The van der Waals surface area contributed by atoms with E-state index in [0.29, 0.717) is 5.56 Å². The summed E-state index contributed by atoms with van der Waals surface area (Å²) in [5.41, 5.74) is -0.627. The topological polar surface area (TPSA) is 46.9 Å². The van der Waals surface area contributed by atoms with Crippen LogP contribution in [-0.2, 0) is 19.8 Å². The summed E-state index contributed by atoms with van der Waals surface area (Å²) in [6, 6.07) is 4.93. The molecule has 2 aromatic rings. The van der Waals surface area contributed by atoms with E-state index in [0.717, 1.165) is 12.1 Å². The number of hydrogen-bond donors (Lipinski definition) is 1. The second-order valence-electron chi connectivity index (χ2n) is 4.24. The highest BCUT2D eigenvalue weighted by Crippen LogP contribution is 2.29. The summed E-state index contributed by atoms with van der Waals surface area (Å²) in [5, 5.41) is 2.74. The molecule has 0 aliphatic rings. The smallest absolute Gasteiger partial charge is 0.361 e. The maximum Gasteiger partial charge on any atom is 0.416 e. The van der Waals surface area contributed by atoms with Gasteiger partial charge in [0.05, 0.1) is 5.56 Å². The van der Waals surface area contributed by atoms with Gasteiger partial charge in [-0.1, -0.05) is 12.1 Å². The van der Waals surface area contributed by atoms with E-state index in [1.54, 1.807) is 13.1 Å². The average Bonchev–Trinajstić information content (AvgIpc) is 2.40. The third kappa shape index (κ3) is 3.17. The first-order valence-electron chi connectivity index (χ1n) is 5.79. The fourth-order valence-corrected chi connectivity index (χ4v) is 1.66. The van der Waals surface area contributed by atoms with Crippen molar-refractivity contribution in [2.45, 2.75) is 12.7 Å². The quantitative estimate of drug-likeness (QED) is 0.941. The van der Waals surface area contributed by atoms with Crippen LogP contribution < -0.4 is 10.9 Å². The van der Waals surface area contributed by atoms with Gasteiger partial charge in [-0.05, 0) is 17.7 Å². The van der Waals surface area contributed by atoms with Crippen molar-refractivity contribution in [3.05, 3.63) is 58.1 Å². The summed E-state index contributed by atoms with van der Waals surface area (Å²) in [5.74, 6) is 0.104. The lowest BCUT2D eigenvalue weighted by Gasteiger charge is -2.10. The summed E-state index contributed by atoms with van der Waals surface area (Å²) in [7, 11) is 1.57. The van der Waals surface area contributed by atoms with E-state index in [2.05, 4.69) is 10.3 Å². The molecule has 0 fully saturated rings. The lowest BCUT2D eigenvalue weighted by molar-refractivity contribution is -0.137. The van der Waals surface area contributed by atoms with Gasteiger partial charge < -0.3 is 9.88 Å². The normalized spacial score (nSPS) is 11.4. The van der Waals surface area contributed by atoms with E-state index < -0.39 is 11.7 Å². The SMILES string of the molecule is Cn1ccnc(NCc2cccc(C(F)(F)F)c2)c1=O. The zero-order chi connectivity index (χ0) is 14.8. The van der Waals surface area contributed by atoms with Crippen LogP contribution in [0.5, 0.6) is 0 Å². The molecule has 0 saturated carbocycles. The number of alkyl halides is 3. The fourth-order valence-electron chi connectivity index (χ4n) is 1.66. The van der Waals surface area contributed by atoms with Crippen LogP contribution in [0.4, 0.5) is 19.0 Å². The summed E-state index contributed by atoms with van der Waals surface area (Å²) in [6.07, 6.45) is -1.44. The van der Waals surface area contributed by atoms with Crippen molar-refractivity contribution < 1.29 is 13.2 Å². The third-order valence-corrected chi connectivity index (χ3v) is 2.73. The molecule has 0 unspecified atom stereocenters. The number of anilines is 1. The van der Waals surface area contributed by atoms with Crippen molar-refractivity contribution in [3.8, 4) is 0 Å². The largest absolute Gasteiger partial charge is 0.416 e. The first-order valence-corrected chi connectivity index (χ1v) is 5.79. The molecule has 20 heavy (non-hydrogen) atoms. The Balaban J connectivity index is 2.16. The number of nitrogens with zero attached hydrogens (tertiary/aromatic N) is 2. The zero-order valence-corrected chi connectivity index (χ0v) is 10.6. The lowest BCUT2D eigenvalue weighted by Crippen LogP contribution is -2.21. The molecule has 0 aliphatic heterocycles. The number of benzene rings is 1. The Kier molecular flexibility index (Phi) is 3.78. The molecule has 0 radical (unpaired) electrons. The first-order chi connectivity index (χ1) is 9.38. The predicted octanol–water partition coefficient (Wildman–Crippen LogP) is 2.41. The van der Waals surface area contributed by atoms with Crippen molar-refractivity contribution in [2.75, 3.05) is 5.32 Å². The number of nitrogens with one attached hydrogen (secondary N) is 1. The highest BCUT2D eigenvalue weighted by Gasteiger charge is 2.30. The zero-order valence-electron chi connectivity index (χ0n) is 10.6. The molecule has 106 valence electrons. The van der Waals surface area contributed by atoms with E-state index in [1.165, 1.54) is 23.0 Å². The van der Waals surface area contributed by atoms with Crippen molar-refractivity contribution in [1.82, 2.24) is 9.55 Å². The van der Waals surface area contributed by atoms with Crippen molar-refractivity contribution in [2.24, 2.45) is 7.05 Å². The Bertz CT molecular complexity index is 664. The predicted molar refractivity (Wildman–Crippen MR) is 68.2 cm³/mol. The second-order valence-corrected chi connectivity index (χ2v) is 4.24. The van der Waals surface area contributed by atoms with Crippen LogP contribution in [0.2, 0.25) is 0 Å². The van der Waals surface area contributed by atoms with Gasteiger partial charge in [0.25, 0.3) is 5.56 Å². The molecule has 0 amide bonds. The molecular formula is C13H12F3N3O. The molecule has 1 heterocycles. The summed E-state index contributed by atoms with van der Waals surface area (Å²) in [6.45, 7) is 0.0934. The van der Waals surface area contributed by atoms with Gasteiger partial charge in [0.1, 0.15) is 0 Å². The Morgan fingerprint density at radius 1 is 1.35 bits per heavy atom. The van der Waals surface area contributed by atoms with E-state index in [-0.39, 0.29) is 17.9 Å². The molecule has 4 nitrogen and oxygen atoms in total. The highest BCUT2D eigenvalue weighted by molar-refractivity contribution is 5.34. The molecule has 1 aromatic carbocycles. The molecule has 0 spiro atoms. The van der Waals surface area contributed by atoms with Gasteiger partial charge in [0.2, 0.25) is 0 Å². The minimum absolute atomic E-state index is 0.0934. The minimum atomic E-state index is -4.38. The minimum Gasteiger partial charge on any atom is -0.361 e. The number of hydrogen-bond acceptors (Lipinski definition) is 3. The van der Waals surface area contributed by atoms with Crippen molar-refractivity contribution in [1.29, 1.82) is 0 Å². The molecule has 0 saturated heterocycles. The maximum absolute atomic E-state index is 12.6. The van der Waals surface area contributed by atoms with Gasteiger partial charge in [0.15, 0.2) is 5.82 Å². The van der Waals surface area contributed by atoms with Crippen LogP contribution in [0.25, 0.3) is 0 Å². The third-order valence-electron chi connectivity index (χ3n) is 2.73. The molecular weight excluding hydrogens is 271 g/mol. The van der Waals surface area contributed by atoms with Gasteiger partial charge in [0, 0.05) is 26.0 Å². The van der Waals surface area contributed by atoms with Crippen molar-refractivity contribution >= 4 is 5.82 Å². The molecule has 1 aromatic heterocycles. The van der Waals surface area contributed by atoms with Crippen LogP contribution in [0.3, 0.4) is 0 Å². The Hall–Kier alpha value is -2.31. The standard InChI is InChI=1S/C13H12F3N3O/c1-19-6-5-17-11(12(19)20)18-8-9-3-2-4-10(7-9)13(14,15)16/h2-7H,8H2,1H3,(H,17,18). The summed E-state index contributed by atoms with van der Waals surface area (Å²) < 4.78 is 39.0. The van der Waals surface area contributed by atoms with Gasteiger partial charge >= 0.3 is 6.18 Å². The number of aromatic nitrogens is 2. The average molecular weight is 283 g/mol. The Morgan fingerprint density at radius 3 is 2.80 bits per heavy atom.